The van der Waals surface area contributed by atoms with Gasteiger partial charge in [-0.15, -0.1) is 0 Å². The highest BCUT2D eigenvalue weighted by Gasteiger charge is 2.44. The minimum Gasteiger partial charge on any atom is -0.394 e. The van der Waals surface area contributed by atoms with Crippen LogP contribution in [0.3, 0.4) is 0 Å². The predicted molar refractivity (Wildman–Crippen MR) is 97.1 cm³/mol. The van der Waals surface area contributed by atoms with Crippen LogP contribution >= 0.6 is 11.6 Å². The first kappa shape index (κ1) is 19.0. The summed E-state index contributed by atoms with van der Waals surface area (Å²) in [7, 11) is 0. The van der Waals surface area contributed by atoms with Crippen LogP contribution in [-0.2, 0) is 11.3 Å². The Hall–Kier alpha value is -2.37. The monoisotopic (exact) mass is 409 g/mol. The summed E-state index contributed by atoms with van der Waals surface area (Å²) in [6, 6.07) is 4.11. The molecule has 1 aliphatic rings. The second-order valence-electron chi connectivity index (χ2n) is 6.36. The molecule has 0 spiro atoms. The second kappa shape index (κ2) is 7.57. The van der Waals surface area contributed by atoms with E-state index in [1.807, 2.05) is 0 Å². The smallest absolute Gasteiger partial charge is 0.167 e. The van der Waals surface area contributed by atoms with Crippen LogP contribution in [-0.4, -0.2) is 59.8 Å². The molecule has 3 aromatic rings. The number of imidazole rings is 1. The number of benzene rings is 1. The Morgan fingerprint density at radius 3 is 2.75 bits per heavy atom. The van der Waals surface area contributed by atoms with Crippen LogP contribution in [0.5, 0.6) is 0 Å². The Balaban J connectivity index is 1.60. The Bertz CT molecular complexity index is 1000. The van der Waals surface area contributed by atoms with Crippen molar-refractivity contribution in [2.24, 2.45) is 0 Å². The summed E-state index contributed by atoms with van der Waals surface area (Å²) in [6.45, 7) is -0.145. The van der Waals surface area contributed by atoms with Crippen molar-refractivity contribution in [2.75, 3.05) is 11.9 Å². The molecule has 1 aliphatic heterocycles. The quantitative estimate of drug-likeness (QED) is 0.488. The number of nitrogens with zero attached hydrogens (tertiary/aromatic N) is 4. The second-order valence-corrected chi connectivity index (χ2v) is 6.77. The summed E-state index contributed by atoms with van der Waals surface area (Å²) in [6.07, 6.45) is -1.61. The summed E-state index contributed by atoms with van der Waals surface area (Å²) in [5.74, 6) is -0.00806. The molecule has 0 amide bonds. The standard InChI is InChI=1S/C17H17ClFN5O4/c18-10-3-9(19)2-1-8(10)4-20-15-12-16(22-6-21-15)24(7-23-12)17-14(27)13(26)11(5-25)28-17/h1-3,6-7,11,13-14,17,25-27H,4-5H2,(H,20,21,22)/t11-,13-,14+,17?/m1/s1. The highest BCUT2D eigenvalue weighted by atomic mass is 35.5. The largest absolute Gasteiger partial charge is 0.394 e. The Morgan fingerprint density at radius 1 is 1.21 bits per heavy atom. The van der Waals surface area contributed by atoms with Gasteiger partial charge in [0, 0.05) is 11.6 Å². The predicted octanol–water partition coefficient (Wildman–Crippen LogP) is 0.842. The zero-order chi connectivity index (χ0) is 19.8. The Kier molecular flexibility index (Phi) is 5.13. The van der Waals surface area contributed by atoms with Gasteiger partial charge in [-0.05, 0) is 17.7 Å². The van der Waals surface area contributed by atoms with E-state index in [0.717, 1.165) is 0 Å². The highest BCUT2D eigenvalue weighted by Crippen LogP contribution is 2.32. The zero-order valence-electron chi connectivity index (χ0n) is 14.4. The zero-order valence-corrected chi connectivity index (χ0v) is 15.2. The number of ether oxygens (including phenoxy) is 1. The van der Waals surface area contributed by atoms with Gasteiger partial charge in [0.15, 0.2) is 23.2 Å². The van der Waals surface area contributed by atoms with Crippen LogP contribution in [0, 0.1) is 5.82 Å². The Labute approximate surface area is 163 Å². The molecular weight excluding hydrogens is 393 g/mol. The number of fused-ring (bicyclic) bond motifs is 1. The van der Waals surface area contributed by atoms with Crippen LogP contribution in [0.4, 0.5) is 10.2 Å². The lowest BCUT2D eigenvalue weighted by Gasteiger charge is -2.16. The first-order valence-electron chi connectivity index (χ1n) is 8.47. The van der Waals surface area contributed by atoms with Gasteiger partial charge < -0.3 is 25.4 Å². The number of hydrogen-bond acceptors (Lipinski definition) is 8. The summed E-state index contributed by atoms with van der Waals surface area (Å²) in [5.41, 5.74) is 1.47. The fourth-order valence-electron chi connectivity index (χ4n) is 3.12. The van der Waals surface area contributed by atoms with Crippen LogP contribution in [0.1, 0.15) is 11.8 Å². The molecular formula is C17H17ClFN5O4. The number of halogens is 2. The van der Waals surface area contributed by atoms with Gasteiger partial charge in [-0.2, -0.15) is 0 Å². The van der Waals surface area contributed by atoms with E-state index >= 15 is 0 Å². The van der Waals surface area contributed by atoms with Crippen molar-refractivity contribution >= 4 is 28.6 Å². The number of hydrogen-bond donors (Lipinski definition) is 4. The lowest BCUT2D eigenvalue weighted by Crippen LogP contribution is -2.33. The van der Waals surface area contributed by atoms with E-state index in [1.54, 1.807) is 6.07 Å². The molecule has 1 fully saturated rings. The topological polar surface area (TPSA) is 126 Å². The molecule has 1 saturated heterocycles. The number of nitrogens with one attached hydrogen (secondary N) is 1. The first-order valence-corrected chi connectivity index (χ1v) is 8.85. The van der Waals surface area contributed by atoms with Gasteiger partial charge in [0.1, 0.15) is 30.5 Å². The molecule has 3 heterocycles. The van der Waals surface area contributed by atoms with E-state index in [0.29, 0.717) is 22.5 Å². The maximum atomic E-state index is 13.2. The molecule has 1 aromatic carbocycles. The number of anilines is 1. The molecule has 1 unspecified atom stereocenters. The molecule has 0 aliphatic carbocycles. The molecule has 4 rings (SSSR count). The molecule has 4 atom stereocenters. The number of aliphatic hydroxyl groups is 3. The van der Waals surface area contributed by atoms with Gasteiger partial charge in [0.2, 0.25) is 0 Å². The number of aliphatic hydroxyl groups excluding tert-OH is 3. The van der Waals surface area contributed by atoms with E-state index in [-0.39, 0.29) is 11.6 Å². The van der Waals surface area contributed by atoms with Gasteiger partial charge >= 0.3 is 0 Å². The van der Waals surface area contributed by atoms with Gasteiger partial charge in [-0.25, -0.2) is 19.3 Å². The van der Waals surface area contributed by atoms with Gasteiger partial charge in [-0.3, -0.25) is 4.57 Å². The molecule has 0 radical (unpaired) electrons. The number of rotatable bonds is 5. The Morgan fingerprint density at radius 2 is 2.04 bits per heavy atom. The summed E-state index contributed by atoms with van der Waals surface area (Å²) >= 11 is 6.04. The van der Waals surface area contributed by atoms with Crippen LogP contribution in [0.25, 0.3) is 11.2 Å². The highest BCUT2D eigenvalue weighted by molar-refractivity contribution is 6.31. The van der Waals surface area contributed by atoms with Crippen molar-refractivity contribution in [2.45, 2.75) is 31.1 Å². The van der Waals surface area contributed by atoms with E-state index in [9.17, 15) is 19.7 Å². The van der Waals surface area contributed by atoms with Crippen molar-refractivity contribution in [3.63, 3.8) is 0 Å². The lowest BCUT2D eigenvalue weighted by molar-refractivity contribution is -0.0511. The van der Waals surface area contributed by atoms with Crippen LogP contribution in [0.15, 0.2) is 30.9 Å². The SMILES string of the molecule is OC[C@H]1OC(n2cnc3c(NCc4ccc(F)cc4Cl)ncnc32)[C@@H](O)[C@@H]1O. The third kappa shape index (κ3) is 3.29. The average Bonchev–Trinajstić information content (AvgIpc) is 3.23. The van der Waals surface area contributed by atoms with Gasteiger partial charge in [-0.1, -0.05) is 17.7 Å². The molecule has 2 aromatic heterocycles. The van der Waals surface area contributed by atoms with E-state index in [1.165, 1.54) is 29.4 Å². The summed E-state index contributed by atoms with van der Waals surface area (Å²) in [5, 5.41) is 32.8. The maximum absolute atomic E-state index is 13.2. The van der Waals surface area contributed by atoms with Crippen molar-refractivity contribution < 1.29 is 24.4 Å². The van der Waals surface area contributed by atoms with Gasteiger partial charge in [0.25, 0.3) is 0 Å². The van der Waals surface area contributed by atoms with Crippen LogP contribution < -0.4 is 5.32 Å². The minimum atomic E-state index is -1.25. The molecule has 4 N–H and O–H groups in total. The summed E-state index contributed by atoms with van der Waals surface area (Å²) in [4.78, 5) is 12.6. The minimum absolute atomic E-state index is 0.284. The first-order chi connectivity index (χ1) is 13.5. The van der Waals surface area contributed by atoms with Crippen molar-refractivity contribution in [3.8, 4) is 0 Å². The van der Waals surface area contributed by atoms with E-state index in [4.69, 9.17) is 16.3 Å². The third-order valence-corrected chi connectivity index (χ3v) is 4.96. The van der Waals surface area contributed by atoms with E-state index in [2.05, 4.69) is 20.3 Å². The van der Waals surface area contributed by atoms with Crippen molar-refractivity contribution in [1.82, 2.24) is 19.5 Å². The molecule has 28 heavy (non-hydrogen) atoms. The molecule has 0 saturated carbocycles. The van der Waals surface area contributed by atoms with Gasteiger partial charge in [0.05, 0.1) is 12.9 Å². The van der Waals surface area contributed by atoms with E-state index < -0.39 is 37.0 Å². The molecule has 9 nitrogen and oxygen atoms in total. The fraction of sp³-hybridized carbons (Fsp3) is 0.353. The molecule has 0 bridgehead atoms. The fourth-order valence-corrected chi connectivity index (χ4v) is 3.36. The number of aromatic nitrogens is 4. The van der Waals surface area contributed by atoms with Crippen molar-refractivity contribution in [3.05, 3.63) is 47.3 Å². The third-order valence-electron chi connectivity index (χ3n) is 4.61. The summed E-state index contributed by atoms with van der Waals surface area (Å²) < 4.78 is 20.2. The molecule has 11 heteroatoms. The average molecular weight is 410 g/mol. The van der Waals surface area contributed by atoms with Crippen molar-refractivity contribution in [1.29, 1.82) is 0 Å². The maximum Gasteiger partial charge on any atom is 0.167 e. The van der Waals surface area contributed by atoms with Crippen LogP contribution in [0.2, 0.25) is 5.02 Å². The normalized spacial score (nSPS) is 24.8. The lowest BCUT2D eigenvalue weighted by atomic mass is 10.1. The molecule has 148 valence electrons.